The number of aromatic nitrogens is 1. The number of nitrogens with zero attached hydrogens (tertiary/aromatic N) is 2. The normalized spacial score (nSPS) is 24.1. The molecule has 0 aromatic carbocycles. The molecule has 5 rings (SSSR count). The molecule has 2 atom stereocenters. The molecule has 3 aliphatic heterocycles. The summed E-state index contributed by atoms with van der Waals surface area (Å²) >= 11 is 1.57. The summed E-state index contributed by atoms with van der Waals surface area (Å²) in [5.74, 6) is -1.67. The van der Waals surface area contributed by atoms with Gasteiger partial charge in [-0.25, -0.2) is 0 Å². The first-order chi connectivity index (χ1) is 15.4. The zero-order chi connectivity index (χ0) is 22.4. The fourth-order valence-electron chi connectivity index (χ4n) is 4.58. The average Bonchev–Trinajstić information content (AvgIpc) is 3.38. The molecule has 0 radical (unpaired) electrons. The number of fused-ring (bicyclic) bond motifs is 1. The number of nitrogens with one attached hydrogen (secondary N) is 3. The van der Waals surface area contributed by atoms with Crippen molar-refractivity contribution in [1.82, 2.24) is 25.4 Å². The highest BCUT2D eigenvalue weighted by Gasteiger charge is 2.42. The maximum Gasteiger partial charge on any atom is 0.270 e. The van der Waals surface area contributed by atoms with Crippen molar-refractivity contribution in [3.8, 4) is 0 Å². The number of imide groups is 1. The number of hydrogen-bond acceptors (Lipinski definition) is 6. The van der Waals surface area contributed by atoms with E-state index >= 15 is 0 Å². The van der Waals surface area contributed by atoms with Gasteiger partial charge < -0.3 is 20.1 Å². The Hall–Kier alpha value is -3.21. The highest BCUT2D eigenvalue weighted by atomic mass is 32.1. The van der Waals surface area contributed by atoms with Gasteiger partial charge in [0.25, 0.3) is 5.91 Å². The van der Waals surface area contributed by atoms with Crippen molar-refractivity contribution < 1.29 is 24.0 Å². The van der Waals surface area contributed by atoms with Crippen molar-refractivity contribution in [3.63, 3.8) is 0 Å². The van der Waals surface area contributed by atoms with Gasteiger partial charge >= 0.3 is 0 Å². The maximum absolute atomic E-state index is 12.7. The van der Waals surface area contributed by atoms with E-state index in [2.05, 4.69) is 15.6 Å². The van der Waals surface area contributed by atoms with Crippen LogP contribution < -0.4 is 10.6 Å². The lowest BCUT2D eigenvalue weighted by molar-refractivity contribution is -0.139. The zero-order valence-corrected chi connectivity index (χ0v) is 18.1. The van der Waals surface area contributed by atoms with E-state index < -0.39 is 11.8 Å². The Balaban J connectivity index is 1.10. The molecule has 3 fully saturated rings. The highest BCUT2D eigenvalue weighted by molar-refractivity contribution is 7.17. The van der Waals surface area contributed by atoms with Gasteiger partial charge in [0.1, 0.15) is 5.69 Å². The van der Waals surface area contributed by atoms with Gasteiger partial charge in [0.15, 0.2) is 0 Å². The van der Waals surface area contributed by atoms with E-state index in [-0.39, 0.29) is 55.0 Å². The number of carbonyl (C=O) groups is 5. The monoisotopic (exact) mass is 457 g/mol. The fourth-order valence-corrected chi connectivity index (χ4v) is 5.36. The first kappa shape index (κ1) is 20.7. The fraction of sp³-hybridized carbons (Fsp3) is 0.476. The lowest BCUT2D eigenvalue weighted by Gasteiger charge is -2.43. The third kappa shape index (κ3) is 3.88. The van der Waals surface area contributed by atoms with E-state index in [0.29, 0.717) is 31.7 Å². The molecule has 2 unspecified atom stereocenters. The molecule has 0 spiro atoms. The molecule has 3 N–H and O–H groups in total. The number of aromatic amines is 1. The quantitative estimate of drug-likeness (QED) is 0.553. The van der Waals surface area contributed by atoms with E-state index in [9.17, 15) is 24.0 Å². The van der Waals surface area contributed by atoms with Gasteiger partial charge in [-0.15, -0.1) is 11.3 Å². The van der Waals surface area contributed by atoms with E-state index in [0.717, 1.165) is 10.2 Å². The van der Waals surface area contributed by atoms with Gasteiger partial charge in [0, 0.05) is 44.8 Å². The second-order valence-corrected chi connectivity index (χ2v) is 9.56. The average molecular weight is 458 g/mol. The van der Waals surface area contributed by atoms with Gasteiger partial charge in [0.05, 0.1) is 22.3 Å². The molecule has 2 aromatic rings. The molecule has 3 aliphatic rings. The van der Waals surface area contributed by atoms with Crippen LogP contribution >= 0.6 is 11.3 Å². The Labute approximate surface area is 187 Å². The first-order valence-corrected chi connectivity index (χ1v) is 11.5. The summed E-state index contributed by atoms with van der Waals surface area (Å²) in [6, 6.07) is 3.42. The molecule has 0 saturated carbocycles. The molecule has 2 aromatic heterocycles. The number of thiophene rings is 1. The summed E-state index contributed by atoms with van der Waals surface area (Å²) in [6.07, 6.45) is 0.803. The Morgan fingerprint density at radius 1 is 1.19 bits per heavy atom. The largest absolute Gasteiger partial charge is 0.351 e. The molecule has 32 heavy (non-hydrogen) atoms. The van der Waals surface area contributed by atoms with E-state index in [1.807, 2.05) is 17.5 Å². The lowest BCUT2D eigenvalue weighted by atomic mass is 9.94. The Morgan fingerprint density at radius 3 is 2.75 bits per heavy atom. The third-order valence-electron chi connectivity index (χ3n) is 6.37. The summed E-state index contributed by atoms with van der Waals surface area (Å²) in [7, 11) is 0. The van der Waals surface area contributed by atoms with Crippen LogP contribution in [0.1, 0.15) is 36.2 Å². The van der Waals surface area contributed by atoms with Crippen LogP contribution in [0.15, 0.2) is 17.5 Å². The SMILES string of the molecule is O=C1CCC(CC(=O)NC2CC(=O)N(C3CN(C(=O)c4cc5sccc5[nH]4)C3)C2)C(=O)N1. The standard InChI is InChI=1S/C21H23N5O5S/c27-17-2-1-11(20(30)24-17)5-18(28)22-12-6-19(29)26(8-12)13-9-25(10-13)21(31)15-7-16-14(23-15)3-4-32-16/h3-4,7,11-13,23H,1-2,5-6,8-10H2,(H,22,28)(H,24,27,30). The molecule has 11 heteroatoms. The van der Waals surface area contributed by atoms with Gasteiger partial charge in [-0.3, -0.25) is 29.3 Å². The minimum absolute atomic E-state index is 0.00308. The Morgan fingerprint density at radius 2 is 2.00 bits per heavy atom. The van der Waals surface area contributed by atoms with E-state index in [1.54, 1.807) is 21.1 Å². The van der Waals surface area contributed by atoms with Crippen molar-refractivity contribution in [2.75, 3.05) is 19.6 Å². The van der Waals surface area contributed by atoms with Crippen LogP contribution in [0, 0.1) is 5.92 Å². The van der Waals surface area contributed by atoms with Gasteiger partial charge in [-0.2, -0.15) is 0 Å². The van der Waals surface area contributed by atoms with Crippen molar-refractivity contribution in [1.29, 1.82) is 0 Å². The van der Waals surface area contributed by atoms with E-state index in [4.69, 9.17) is 0 Å². The topological polar surface area (TPSA) is 132 Å². The summed E-state index contributed by atoms with van der Waals surface area (Å²) in [6.45, 7) is 1.33. The molecule has 168 valence electrons. The van der Waals surface area contributed by atoms with Crippen LogP contribution in [-0.2, 0) is 19.2 Å². The van der Waals surface area contributed by atoms with Crippen molar-refractivity contribution in [2.24, 2.45) is 5.92 Å². The number of rotatable bonds is 5. The van der Waals surface area contributed by atoms with Crippen LogP contribution in [0.3, 0.4) is 0 Å². The van der Waals surface area contributed by atoms with Gasteiger partial charge in [-0.05, 0) is 23.9 Å². The molecule has 10 nitrogen and oxygen atoms in total. The molecule has 0 bridgehead atoms. The maximum atomic E-state index is 12.7. The second kappa shape index (κ2) is 8.05. The summed E-state index contributed by atoms with van der Waals surface area (Å²) in [5.41, 5.74) is 1.50. The number of amides is 5. The molecule has 3 saturated heterocycles. The molecule has 5 heterocycles. The van der Waals surface area contributed by atoms with Gasteiger partial charge in [-0.1, -0.05) is 0 Å². The second-order valence-electron chi connectivity index (χ2n) is 8.61. The van der Waals surface area contributed by atoms with Crippen molar-refractivity contribution >= 4 is 51.1 Å². The van der Waals surface area contributed by atoms with E-state index in [1.165, 1.54) is 0 Å². The van der Waals surface area contributed by atoms with Crippen LogP contribution in [0.25, 0.3) is 10.2 Å². The summed E-state index contributed by atoms with van der Waals surface area (Å²) < 4.78 is 1.04. The highest BCUT2D eigenvalue weighted by Crippen LogP contribution is 2.26. The summed E-state index contributed by atoms with van der Waals surface area (Å²) in [4.78, 5) is 67.1. The predicted octanol–water partition coefficient (Wildman–Crippen LogP) is 0.214. The van der Waals surface area contributed by atoms with Gasteiger partial charge in [0.2, 0.25) is 23.6 Å². The van der Waals surface area contributed by atoms with Crippen LogP contribution in [0.2, 0.25) is 0 Å². The minimum Gasteiger partial charge on any atom is -0.351 e. The van der Waals surface area contributed by atoms with Crippen LogP contribution in [0.5, 0.6) is 0 Å². The zero-order valence-electron chi connectivity index (χ0n) is 17.3. The minimum atomic E-state index is -0.518. The number of likely N-dealkylation sites (tertiary alicyclic amines) is 2. The van der Waals surface area contributed by atoms with Crippen molar-refractivity contribution in [3.05, 3.63) is 23.2 Å². The summed E-state index contributed by atoms with van der Waals surface area (Å²) in [5, 5.41) is 7.06. The lowest BCUT2D eigenvalue weighted by Crippen LogP contribution is -2.61. The molecule has 0 aliphatic carbocycles. The third-order valence-corrected chi connectivity index (χ3v) is 7.23. The smallest absolute Gasteiger partial charge is 0.270 e. The molecular formula is C21H23N5O5S. The van der Waals surface area contributed by atoms with Crippen LogP contribution in [-0.4, -0.2) is 76.0 Å². The van der Waals surface area contributed by atoms with Crippen molar-refractivity contribution in [2.45, 2.75) is 37.8 Å². The predicted molar refractivity (Wildman–Crippen MR) is 115 cm³/mol. The number of H-pyrrole nitrogens is 1. The molecule has 5 amide bonds. The van der Waals surface area contributed by atoms with Crippen LogP contribution in [0.4, 0.5) is 0 Å². The number of carbonyl (C=O) groups excluding carboxylic acids is 5. The molecular weight excluding hydrogens is 434 g/mol. The Kier molecular flexibility index (Phi) is 5.20. The first-order valence-electron chi connectivity index (χ1n) is 10.7. The Bertz CT molecular complexity index is 1090. The number of hydrogen-bond donors (Lipinski definition) is 3. The number of piperidine rings is 1.